The first-order chi connectivity index (χ1) is 8.16. The van der Waals surface area contributed by atoms with E-state index < -0.39 is 5.97 Å². The second-order valence-corrected chi connectivity index (χ2v) is 5.23. The van der Waals surface area contributed by atoms with Gasteiger partial charge < -0.3 is 16.2 Å². The van der Waals surface area contributed by atoms with E-state index in [1.54, 1.807) is 0 Å². The minimum atomic E-state index is -1.00. The number of nitrogens with two attached hydrogens (primary N) is 1. The number of thioether (sulfide) groups is 1. The molecule has 0 aliphatic carbocycles. The largest absolute Gasteiger partial charge is 0.478 e. The van der Waals surface area contributed by atoms with Crippen molar-refractivity contribution in [3.8, 4) is 0 Å². The van der Waals surface area contributed by atoms with E-state index in [4.69, 9.17) is 10.8 Å². The maximum absolute atomic E-state index is 11.1. The van der Waals surface area contributed by atoms with Crippen LogP contribution in [0.1, 0.15) is 23.2 Å². The van der Waals surface area contributed by atoms with Crippen LogP contribution >= 0.6 is 11.8 Å². The number of aromatic nitrogens is 1. The SMILES string of the molecule is Nc1cnc(NC2CCSCC2)c(C(=O)O)c1. The molecule has 1 fully saturated rings. The fraction of sp³-hybridized carbons (Fsp3) is 0.455. The molecular formula is C11H15N3O2S. The Morgan fingerprint density at radius 2 is 2.24 bits per heavy atom. The predicted molar refractivity (Wildman–Crippen MR) is 69.6 cm³/mol. The highest BCUT2D eigenvalue weighted by molar-refractivity contribution is 7.99. The van der Waals surface area contributed by atoms with Crippen LogP contribution < -0.4 is 11.1 Å². The van der Waals surface area contributed by atoms with Gasteiger partial charge in [-0.3, -0.25) is 0 Å². The Balaban J connectivity index is 2.16. The highest BCUT2D eigenvalue weighted by Crippen LogP contribution is 2.22. The van der Waals surface area contributed by atoms with Crippen LogP contribution in [0.15, 0.2) is 12.3 Å². The summed E-state index contributed by atoms with van der Waals surface area (Å²) in [5.41, 5.74) is 6.05. The van der Waals surface area contributed by atoms with E-state index in [-0.39, 0.29) is 5.56 Å². The van der Waals surface area contributed by atoms with Gasteiger partial charge in [-0.2, -0.15) is 11.8 Å². The van der Waals surface area contributed by atoms with Crippen LogP contribution in [0, 0.1) is 0 Å². The maximum atomic E-state index is 11.1. The zero-order chi connectivity index (χ0) is 12.3. The maximum Gasteiger partial charge on any atom is 0.339 e. The molecule has 0 amide bonds. The molecule has 1 aromatic heterocycles. The fourth-order valence-electron chi connectivity index (χ4n) is 1.79. The van der Waals surface area contributed by atoms with Crippen LogP contribution in [0.2, 0.25) is 0 Å². The first-order valence-corrected chi connectivity index (χ1v) is 6.65. The third-order valence-electron chi connectivity index (χ3n) is 2.70. The first kappa shape index (κ1) is 12.0. The zero-order valence-corrected chi connectivity index (χ0v) is 10.2. The number of carboxylic acids is 1. The smallest absolute Gasteiger partial charge is 0.339 e. The molecule has 2 heterocycles. The second-order valence-electron chi connectivity index (χ2n) is 4.00. The molecule has 4 N–H and O–H groups in total. The van der Waals surface area contributed by atoms with Gasteiger partial charge in [0.15, 0.2) is 0 Å². The highest BCUT2D eigenvalue weighted by Gasteiger charge is 2.18. The van der Waals surface area contributed by atoms with Crippen LogP contribution in [-0.2, 0) is 0 Å². The van der Waals surface area contributed by atoms with Crippen molar-refractivity contribution < 1.29 is 9.90 Å². The standard InChI is InChI=1S/C11H15N3O2S/c12-7-5-9(11(15)16)10(13-6-7)14-8-1-3-17-4-2-8/h5-6,8H,1-4,12H2,(H,13,14)(H,15,16). The summed E-state index contributed by atoms with van der Waals surface area (Å²) in [6.07, 6.45) is 3.55. The molecule has 1 aromatic rings. The number of anilines is 2. The number of nitrogens with one attached hydrogen (secondary N) is 1. The molecule has 2 rings (SSSR count). The lowest BCUT2D eigenvalue weighted by Gasteiger charge is -2.23. The Labute approximate surface area is 104 Å². The molecule has 6 heteroatoms. The van der Waals surface area contributed by atoms with E-state index >= 15 is 0 Å². The molecule has 5 nitrogen and oxygen atoms in total. The number of pyridine rings is 1. The third-order valence-corrected chi connectivity index (χ3v) is 3.75. The van der Waals surface area contributed by atoms with Gasteiger partial charge in [-0.25, -0.2) is 9.78 Å². The molecule has 0 atom stereocenters. The molecule has 17 heavy (non-hydrogen) atoms. The van der Waals surface area contributed by atoms with Gasteiger partial charge in [0.1, 0.15) is 11.4 Å². The second kappa shape index (κ2) is 5.27. The predicted octanol–water partition coefficient (Wildman–Crippen LogP) is 1.67. The quantitative estimate of drug-likeness (QED) is 0.759. The monoisotopic (exact) mass is 253 g/mol. The number of hydrogen-bond donors (Lipinski definition) is 3. The van der Waals surface area contributed by atoms with Gasteiger partial charge in [-0.1, -0.05) is 0 Å². The van der Waals surface area contributed by atoms with Crippen LogP contribution in [0.5, 0.6) is 0 Å². The lowest BCUT2D eigenvalue weighted by atomic mass is 10.1. The van der Waals surface area contributed by atoms with Crippen molar-refractivity contribution in [2.24, 2.45) is 0 Å². The molecule has 0 spiro atoms. The Hall–Kier alpha value is -1.43. The summed E-state index contributed by atoms with van der Waals surface area (Å²) < 4.78 is 0. The molecule has 1 saturated heterocycles. The normalized spacial score (nSPS) is 16.7. The van der Waals surface area contributed by atoms with Crippen molar-refractivity contribution in [1.82, 2.24) is 4.98 Å². The Morgan fingerprint density at radius 1 is 1.53 bits per heavy atom. The van der Waals surface area contributed by atoms with Gasteiger partial charge in [0.2, 0.25) is 0 Å². The van der Waals surface area contributed by atoms with E-state index in [1.165, 1.54) is 12.3 Å². The average Bonchev–Trinajstić information content (AvgIpc) is 2.32. The van der Waals surface area contributed by atoms with E-state index in [9.17, 15) is 4.79 Å². The molecule has 0 aromatic carbocycles. The van der Waals surface area contributed by atoms with Crippen molar-refractivity contribution >= 4 is 29.2 Å². The van der Waals surface area contributed by atoms with Gasteiger partial charge in [0, 0.05) is 6.04 Å². The number of rotatable bonds is 3. The van der Waals surface area contributed by atoms with Gasteiger partial charge in [0.05, 0.1) is 11.9 Å². The van der Waals surface area contributed by atoms with Crippen LogP contribution in [0.4, 0.5) is 11.5 Å². The van der Waals surface area contributed by atoms with Gasteiger partial charge >= 0.3 is 5.97 Å². The summed E-state index contributed by atoms with van der Waals surface area (Å²) in [4.78, 5) is 15.1. The summed E-state index contributed by atoms with van der Waals surface area (Å²) in [6.45, 7) is 0. The number of nitrogen functional groups attached to an aromatic ring is 1. The van der Waals surface area contributed by atoms with Gasteiger partial charge in [-0.05, 0) is 30.4 Å². The van der Waals surface area contributed by atoms with Crippen LogP contribution in [0.25, 0.3) is 0 Å². The van der Waals surface area contributed by atoms with Crippen LogP contribution in [0.3, 0.4) is 0 Å². The minimum Gasteiger partial charge on any atom is -0.478 e. The topological polar surface area (TPSA) is 88.2 Å². The molecule has 0 saturated carbocycles. The zero-order valence-electron chi connectivity index (χ0n) is 9.35. The van der Waals surface area contributed by atoms with Crippen molar-refractivity contribution in [1.29, 1.82) is 0 Å². The minimum absolute atomic E-state index is 0.142. The number of nitrogens with zero attached hydrogens (tertiary/aromatic N) is 1. The fourth-order valence-corrected chi connectivity index (χ4v) is 2.90. The molecule has 0 unspecified atom stereocenters. The lowest BCUT2D eigenvalue weighted by Crippen LogP contribution is -2.26. The first-order valence-electron chi connectivity index (χ1n) is 5.50. The van der Waals surface area contributed by atoms with E-state index in [1.807, 2.05) is 11.8 Å². The van der Waals surface area contributed by atoms with Gasteiger partial charge in [0.25, 0.3) is 0 Å². The average molecular weight is 253 g/mol. The van der Waals surface area contributed by atoms with Crippen molar-refractivity contribution in [2.45, 2.75) is 18.9 Å². The lowest BCUT2D eigenvalue weighted by molar-refractivity contribution is 0.0697. The van der Waals surface area contributed by atoms with E-state index in [2.05, 4.69) is 10.3 Å². The van der Waals surface area contributed by atoms with Crippen LogP contribution in [-0.4, -0.2) is 33.6 Å². The summed E-state index contributed by atoms with van der Waals surface area (Å²) in [5.74, 6) is 1.63. The Bertz CT molecular complexity index is 419. The summed E-state index contributed by atoms with van der Waals surface area (Å²) in [6, 6.07) is 1.75. The van der Waals surface area contributed by atoms with Gasteiger partial charge in [-0.15, -0.1) is 0 Å². The highest BCUT2D eigenvalue weighted by atomic mass is 32.2. The van der Waals surface area contributed by atoms with Crippen molar-refractivity contribution in [3.05, 3.63) is 17.8 Å². The summed E-state index contributed by atoms with van der Waals surface area (Å²) in [5, 5.41) is 12.3. The van der Waals surface area contributed by atoms with Crippen molar-refractivity contribution in [2.75, 3.05) is 22.6 Å². The Kier molecular flexibility index (Phi) is 3.73. The number of aromatic carboxylic acids is 1. The summed E-state index contributed by atoms with van der Waals surface area (Å²) in [7, 11) is 0. The number of carbonyl (C=O) groups is 1. The number of hydrogen-bond acceptors (Lipinski definition) is 5. The molecule has 92 valence electrons. The Morgan fingerprint density at radius 3 is 2.88 bits per heavy atom. The van der Waals surface area contributed by atoms with Crippen molar-refractivity contribution in [3.63, 3.8) is 0 Å². The molecule has 0 radical (unpaired) electrons. The molecular weight excluding hydrogens is 238 g/mol. The molecule has 0 bridgehead atoms. The van der Waals surface area contributed by atoms with E-state index in [0.717, 1.165) is 24.3 Å². The van der Waals surface area contributed by atoms with E-state index in [0.29, 0.717) is 17.5 Å². The third kappa shape index (κ3) is 3.03. The molecule has 1 aliphatic rings. The number of carboxylic acid groups (broad SMARTS) is 1. The molecule has 1 aliphatic heterocycles. The summed E-state index contributed by atoms with van der Waals surface area (Å²) >= 11 is 1.93.